The van der Waals surface area contributed by atoms with E-state index in [2.05, 4.69) is 5.32 Å². The van der Waals surface area contributed by atoms with Crippen LogP contribution in [0.2, 0.25) is 0 Å². The molecule has 1 fully saturated rings. The molecule has 0 radical (unpaired) electrons. The third-order valence-corrected chi connectivity index (χ3v) is 4.84. The molecule has 0 bridgehead atoms. The van der Waals surface area contributed by atoms with Gasteiger partial charge in [0, 0.05) is 0 Å². The number of carbonyl (C=O) groups is 2. The lowest BCUT2D eigenvalue weighted by Gasteiger charge is -2.28. The van der Waals surface area contributed by atoms with E-state index in [4.69, 9.17) is 17.0 Å². The van der Waals surface area contributed by atoms with Crippen LogP contribution in [0.1, 0.15) is 11.1 Å². The van der Waals surface area contributed by atoms with Gasteiger partial charge in [0.05, 0.1) is 5.69 Å². The molecule has 0 spiro atoms. The van der Waals surface area contributed by atoms with E-state index in [1.807, 2.05) is 36.4 Å². The summed E-state index contributed by atoms with van der Waals surface area (Å²) in [6.45, 7) is 0.464. The lowest BCUT2D eigenvalue weighted by Crippen LogP contribution is -2.54. The lowest BCUT2D eigenvalue weighted by atomic mass is 10.1. The third kappa shape index (κ3) is 4.29. The van der Waals surface area contributed by atoms with Crippen LogP contribution < -0.4 is 15.0 Å². The molecule has 6 heteroatoms. The molecule has 1 heterocycles. The second kappa shape index (κ2) is 8.71. The maximum Gasteiger partial charge on any atom is 0.270 e. The molecule has 148 valence electrons. The minimum atomic E-state index is -0.512. The Hall–Kier alpha value is -3.77. The zero-order chi connectivity index (χ0) is 20.9. The van der Waals surface area contributed by atoms with Gasteiger partial charge < -0.3 is 4.74 Å². The highest BCUT2D eigenvalue weighted by Gasteiger charge is 2.34. The van der Waals surface area contributed by atoms with Gasteiger partial charge in [0.15, 0.2) is 5.11 Å². The van der Waals surface area contributed by atoms with Crippen molar-refractivity contribution in [1.29, 1.82) is 0 Å². The molecule has 0 atom stereocenters. The number of ether oxygens (including phenoxy) is 1. The van der Waals surface area contributed by atoms with E-state index in [-0.39, 0.29) is 10.7 Å². The monoisotopic (exact) mass is 414 g/mol. The second-order valence-corrected chi connectivity index (χ2v) is 7.02. The van der Waals surface area contributed by atoms with E-state index < -0.39 is 11.8 Å². The fourth-order valence-corrected chi connectivity index (χ4v) is 3.32. The highest BCUT2D eigenvalue weighted by atomic mass is 32.1. The SMILES string of the molecule is O=C1NC(=S)N(c2ccccc2)C(=O)C1=Cc1ccc(OCc2ccccc2)cc1. The topological polar surface area (TPSA) is 58.6 Å². The van der Waals surface area contributed by atoms with Crippen LogP contribution in [0.4, 0.5) is 5.69 Å². The van der Waals surface area contributed by atoms with Gasteiger partial charge in [-0.1, -0.05) is 60.7 Å². The number of hydrogen-bond donors (Lipinski definition) is 1. The first-order chi connectivity index (χ1) is 14.6. The predicted molar refractivity (Wildman–Crippen MR) is 120 cm³/mol. The molecule has 0 aliphatic carbocycles. The van der Waals surface area contributed by atoms with Gasteiger partial charge >= 0.3 is 0 Å². The molecule has 3 aromatic carbocycles. The van der Waals surface area contributed by atoms with Crippen molar-refractivity contribution >= 4 is 40.9 Å². The van der Waals surface area contributed by atoms with E-state index in [9.17, 15) is 9.59 Å². The van der Waals surface area contributed by atoms with Crippen LogP contribution in [0.15, 0.2) is 90.5 Å². The van der Waals surface area contributed by atoms with Crippen molar-refractivity contribution in [2.24, 2.45) is 0 Å². The number of amides is 2. The fourth-order valence-electron chi connectivity index (χ4n) is 3.04. The van der Waals surface area contributed by atoms with Gasteiger partial charge in [-0.15, -0.1) is 0 Å². The van der Waals surface area contributed by atoms with Gasteiger partial charge in [-0.05, 0) is 53.7 Å². The standard InChI is InChI=1S/C24H18N2O3S/c27-22-21(23(28)26(24(30)25-22)19-9-5-2-6-10-19)15-17-11-13-20(14-12-17)29-16-18-7-3-1-4-8-18/h1-15H,16H2,(H,25,27,30). The first-order valence-electron chi connectivity index (χ1n) is 9.35. The molecule has 1 saturated heterocycles. The summed E-state index contributed by atoms with van der Waals surface area (Å²) < 4.78 is 5.78. The summed E-state index contributed by atoms with van der Waals surface area (Å²) in [6.07, 6.45) is 1.55. The number of nitrogens with zero attached hydrogens (tertiary/aromatic N) is 1. The molecule has 4 rings (SSSR count). The van der Waals surface area contributed by atoms with Crippen molar-refractivity contribution in [3.05, 3.63) is 102 Å². The molecule has 0 aromatic heterocycles. The maximum absolute atomic E-state index is 13.0. The van der Waals surface area contributed by atoms with Gasteiger partial charge in [0.25, 0.3) is 11.8 Å². The summed E-state index contributed by atoms with van der Waals surface area (Å²) in [4.78, 5) is 26.7. The molecule has 0 saturated carbocycles. The van der Waals surface area contributed by atoms with E-state index in [0.717, 1.165) is 5.56 Å². The van der Waals surface area contributed by atoms with Crippen molar-refractivity contribution in [1.82, 2.24) is 5.32 Å². The number of anilines is 1. The molecule has 1 N–H and O–H groups in total. The Kier molecular flexibility index (Phi) is 5.68. The summed E-state index contributed by atoms with van der Waals surface area (Å²) in [5.74, 6) is -0.270. The summed E-state index contributed by atoms with van der Waals surface area (Å²) in [5, 5.41) is 2.65. The van der Waals surface area contributed by atoms with Gasteiger partial charge in [-0.3, -0.25) is 19.8 Å². The van der Waals surface area contributed by atoms with E-state index in [1.165, 1.54) is 4.90 Å². The summed E-state index contributed by atoms with van der Waals surface area (Å²) in [5.41, 5.74) is 2.40. The number of rotatable bonds is 5. The second-order valence-electron chi connectivity index (χ2n) is 6.64. The molecular weight excluding hydrogens is 396 g/mol. The van der Waals surface area contributed by atoms with Crippen LogP contribution in [-0.4, -0.2) is 16.9 Å². The van der Waals surface area contributed by atoms with Crippen LogP contribution in [0.25, 0.3) is 6.08 Å². The van der Waals surface area contributed by atoms with E-state index in [1.54, 1.807) is 54.6 Å². The van der Waals surface area contributed by atoms with Crippen LogP contribution in [0, 0.1) is 0 Å². The van der Waals surface area contributed by atoms with Gasteiger partial charge in [0.2, 0.25) is 0 Å². The van der Waals surface area contributed by atoms with Crippen LogP contribution in [0.3, 0.4) is 0 Å². The molecule has 3 aromatic rings. The molecule has 2 amide bonds. The smallest absolute Gasteiger partial charge is 0.270 e. The Morgan fingerprint density at radius 2 is 1.50 bits per heavy atom. The van der Waals surface area contributed by atoms with Crippen molar-refractivity contribution < 1.29 is 14.3 Å². The predicted octanol–water partition coefficient (Wildman–Crippen LogP) is 4.10. The van der Waals surface area contributed by atoms with Crippen LogP contribution in [-0.2, 0) is 16.2 Å². The summed E-state index contributed by atoms with van der Waals surface area (Å²) in [7, 11) is 0. The summed E-state index contributed by atoms with van der Waals surface area (Å²) >= 11 is 5.20. The van der Waals surface area contributed by atoms with Gasteiger partial charge in [-0.25, -0.2) is 0 Å². The minimum Gasteiger partial charge on any atom is -0.489 e. The average Bonchev–Trinajstić information content (AvgIpc) is 2.77. The zero-order valence-corrected chi connectivity index (χ0v) is 16.8. The van der Waals surface area contributed by atoms with Crippen LogP contribution in [0.5, 0.6) is 5.75 Å². The average molecular weight is 414 g/mol. The number of hydrogen-bond acceptors (Lipinski definition) is 4. The Bertz CT molecular complexity index is 1110. The third-order valence-electron chi connectivity index (χ3n) is 4.56. The normalized spacial score (nSPS) is 15.3. The minimum absolute atomic E-state index is 0.0189. The molecular formula is C24H18N2O3S. The van der Waals surface area contributed by atoms with Crippen molar-refractivity contribution in [3.8, 4) is 5.75 Å². The Balaban J connectivity index is 1.52. The van der Waals surface area contributed by atoms with Gasteiger partial charge in [0.1, 0.15) is 17.9 Å². The highest BCUT2D eigenvalue weighted by Crippen LogP contribution is 2.22. The molecule has 30 heavy (non-hydrogen) atoms. The number of carbonyl (C=O) groups excluding carboxylic acids is 2. The number of nitrogens with one attached hydrogen (secondary N) is 1. The number of benzene rings is 3. The van der Waals surface area contributed by atoms with Crippen molar-refractivity contribution in [2.45, 2.75) is 6.61 Å². The number of thiocarbonyl (C=S) groups is 1. The Morgan fingerprint density at radius 3 is 2.17 bits per heavy atom. The first kappa shape index (κ1) is 19.5. The van der Waals surface area contributed by atoms with Crippen molar-refractivity contribution in [2.75, 3.05) is 4.90 Å². The fraction of sp³-hybridized carbons (Fsp3) is 0.0417. The Morgan fingerprint density at radius 1 is 0.867 bits per heavy atom. The van der Waals surface area contributed by atoms with Gasteiger partial charge in [-0.2, -0.15) is 0 Å². The maximum atomic E-state index is 13.0. The quantitative estimate of drug-likeness (QED) is 0.388. The van der Waals surface area contributed by atoms with E-state index >= 15 is 0 Å². The highest BCUT2D eigenvalue weighted by molar-refractivity contribution is 7.80. The Labute approximate surface area is 179 Å². The summed E-state index contributed by atoms with van der Waals surface area (Å²) in [6, 6.07) is 26.1. The molecule has 0 unspecified atom stereocenters. The lowest BCUT2D eigenvalue weighted by molar-refractivity contribution is -0.122. The van der Waals surface area contributed by atoms with Crippen molar-refractivity contribution in [3.63, 3.8) is 0 Å². The molecule has 1 aliphatic rings. The molecule has 5 nitrogen and oxygen atoms in total. The molecule has 1 aliphatic heterocycles. The first-order valence-corrected chi connectivity index (χ1v) is 9.76. The number of para-hydroxylation sites is 1. The van der Waals surface area contributed by atoms with Crippen LogP contribution >= 0.6 is 12.2 Å². The largest absolute Gasteiger partial charge is 0.489 e. The zero-order valence-electron chi connectivity index (χ0n) is 15.9. The van der Waals surface area contributed by atoms with E-state index in [0.29, 0.717) is 23.6 Å².